The molecule has 0 aromatic carbocycles. The van der Waals surface area contributed by atoms with Gasteiger partial charge in [0.1, 0.15) is 0 Å². The predicted molar refractivity (Wildman–Crippen MR) is 50.4 cm³/mol. The van der Waals surface area contributed by atoms with Gasteiger partial charge in [0.25, 0.3) is 0 Å². The molecule has 0 aliphatic heterocycles. The molecule has 0 saturated heterocycles. The van der Waals surface area contributed by atoms with Crippen LogP contribution in [-0.2, 0) is 11.1 Å². The summed E-state index contributed by atoms with van der Waals surface area (Å²) in [5, 5.41) is 3.98. The van der Waals surface area contributed by atoms with E-state index in [1.165, 1.54) is 6.20 Å². The highest BCUT2D eigenvalue weighted by Gasteiger charge is 2.02. The Balaban J connectivity index is 2.46. The summed E-state index contributed by atoms with van der Waals surface area (Å²) in [4.78, 5) is 4.11. The number of aromatic nitrogens is 3. The van der Waals surface area contributed by atoms with E-state index in [4.69, 9.17) is 4.55 Å². The van der Waals surface area contributed by atoms with Crippen LogP contribution in [0.15, 0.2) is 41.8 Å². The van der Waals surface area contributed by atoms with Crippen LogP contribution in [-0.4, -0.2) is 23.5 Å². The van der Waals surface area contributed by atoms with Gasteiger partial charge in [-0.05, 0) is 12.1 Å². The first-order chi connectivity index (χ1) is 6.77. The molecule has 0 saturated carbocycles. The molecular weight excluding hydrogens is 202 g/mol. The molecule has 6 heteroatoms. The highest BCUT2D eigenvalue weighted by Crippen LogP contribution is 2.09. The lowest BCUT2D eigenvalue weighted by Crippen LogP contribution is -1.97. The highest BCUT2D eigenvalue weighted by atomic mass is 32.2. The van der Waals surface area contributed by atoms with Gasteiger partial charge in [-0.3, -0.25) is 4.98 Å². The van der Waals surface area contributed by atoms with Gasteiger partial charge >= 0.3 is 0 Å². The first kappa shape index (κ1) is 9.04. The third kappa shape index (κ3) is 1.70. The zero-order valence-corrected chi connectivity index (χ0v) is 7.89. The molecule has 0 amide bonds. The Hall–Kier alpha value is -1.53. The minimum atomic E-state index is -2.00. The van der Waals surface area contributed by atoms with Crippen molar-refractivity contribution in [3.8, 4) is 5.69 Å². The molecular formula is C8H7N3O2S. The first-order valence-corrected chi connectivity index (χ1v) is 4.94. The number of nitrogens with zero attached hydrogens (tertiary/aromatic N) is 3. The molecule has 2 rings (SSSR count). The van der Waals surface area contributed by atoms with Gasteiger partial charge < -0.3 is 4.55 Å². The summed E-state index contributed by atoms with van der Waals surface area (Å²) in [6.07, 6.45) is 6.29. The van der Waals surface area contributed by atoms with Gasteiger partial charge in [-0.2, -0.15) is 5.10 Å². The summed E-state index contributed by atoms with van der Waals surface area (Å²) in [7, 11) is 0. The Morgan fingerprint density at radius 2 is 2.29 bits per heavy atom. The molecule has 1 N–H and O–H groups in total. The smallest absolute Gasteiger partial charge is 0.188 e. The van der Waals surface area contributed by atoms with Crippen LogP contribution in [0.2, 0.25) is 0 Å². The Labute approximate surface area is 82.7 Å². The second kappa shape index (κ2) is 3.69. The van der Waals surface area contributed by atoms with Gasteiger partial charge in [0, 0.05) is 18.6 Å². The van der Waals surface area contributed by atoms with Crippen LogP contribution < -0.4 is 0 Å². The molecule has 14 heavy (non-hydrogen) atoms. The van der Waals surface area contributed by atoms with Crippen molar-refractivity contribution in [2.24, 2.45) is 0 Å². The first-order valence-electron chi connectivity index (χ1n) is 3.83. The normalized spacial score (nSPS) is 12.6. The maximum Gasteiger partial charge on any atom is 0.188 e. The van der Waals surface area contributed by atoms with Crippen LogP contribution in [0.3, 0.4) is 0 Å². The average molecular weight is 209 g/mol. The van der Waals surface area contributed by atoms with E-state index in [1.807, 2.05) is 0 Å². The monoisotopic (exact) mass is 209 g/mol. The Bertz CT molecular complexity index is 455. The van der Waals surface area contributed by atoms with Crippen molar-refractivity contribution in [3.05, 3.63) is 36.9 Å². The minimum absolute atomic E-state index is 0.262. The lowest BCUT2D eigenvalue weighted by molar-refractivity contribution is 0.564. The molecule has 0 radical (unpaired) electrons. The molecule has 2 aromatic heterocycles. The van der Waals surface area contributed by atoms with Gasteiger partial charge in [-0.1, -0.05) is 0 Å². The van der Waals surface area contributed by atoms with Crippen LogP contribution >= 0.6 is 0 Å². The van der Waals surface area contributed by atoms with Gasteiger partial charge in [-0.15, -0.1) is 0 Å². The average Bonchev–Trinajstić information content (AvgIpc) is 2.71. The van der Waals surface area contributed by atoms with Crippen LogP contribution in [0.25, 0.3) is 5.69 Å². The van der Waals surface area contributed by atoms with Gasteiger partial charge in [0.2, 0.25) is 0 Å². The van der Waals surface area contributed by atoms with Gasteiger partial charge in [0.15, 0.2) is 11.1 Å². The second-order valence-electron chi connectivity index (χ2n) is 2.58. The Kier molecular flexibility index (Phi) is 2.38. The summed E-state index contributed by atoms with van der Waals surface area (Å²) in [5.41, 5.74) is 0.662. The van der Waals surface area contributed by atoms with Crippen molar-refractivity contribution < 1.29 is 8.76 Å². The molecule has 0 aliphatic carbocycles. The maximum absolute atomic E-state index is 10.8. The van der Waals surface area contributed by atoms with Crippen molar-refractivity contribution in [1.29, 1.82) is 0 Å². The summed E-state index contributed by atoms with van der Waals surface area (Å²) in [5.74, 6) is 0. The minimum Gasteiger partial charge on any atom is -0.302 e. The zero-order chi connectivity index (χ0) is 9.97. The number of pyridine rings is 1. The van der Waals surface area contributed by atoms with E-state index in [-0.39, 0.29) is 4.90 Å². The molecule has 0 fully saturated rings. The van der Waals surface area contributed by atoms with E-state index >= 15 is 0 Å². The molecule has 5 nitrogen and oxygen atoms in total. The highest BCUT2D eigenvalue weighted by molar-refractivity contribution is 7.79. The third-order valence-corrected chi connectivity index (χ3v) is 2.30. The Morgan fingerprint density at radius 1 is 1.43 bits per heavy atom. The predicted octanol–water partition coefficient (Wildman–Crippen LogP) is 0.848. The third-order valence-electron chi connectivity index (χ3n) is 1.67. The van der Waals surface area contributed by atoms with E-state index in [1.54, 1.807) is 35.4 Å². The van der Waals surface area contributed by atoms with E-state index in [0.717, 1.165) is 0 Å². The van der Waals surface area contributed by atoms with E-state index in [9.17, 15) is 4.21 Å². The van der Waals surface area contributed by atoms with E-state index in [0.29, 0.717) is 5.69 Å². The van der Waals surface area contributed by atoms with Gasteiger partial charge in [0.05, 0.1) is 16.8 Å². The molecule has 2 heterocycles. The maximum atomic E-state index is 10.8. The van der Waals surface area contributed by atoms with E-state index < -0.39 is 11.1 Å². The fourth-order valence-electron chi connectivity index (χ4n) is 1.05. The van der Waals surface area contributed by atoms with Crippen LogP contribution in [0, 0.1) is 0 Å². The molecule has 2 aromatic rings. The Morgan fingerprint density at radius 3 is 2.93 bits per heavy atom. The largest absolute Gasteiger partial charge is 0.302 e. The van der Waals surface area contributed by atoms with Crippen LogP contribution in [0.1, 0.15) is 0 Å². The number of hydrogen-bond donors (Lipinski definition) is 1. The quantitative estimate of drug-likeness (QED) is 0.744. The van der Waals surface area contributed by atoms with Crippen molar-refractivity contribution >= 4 is 11.1 Å². The molecule has 72 valence electrons. The number of rotatable bonds is 2. The van der Waals surface area contributed by atoms with E-state index in [2.05, 4.69) is 10.1 Å². The van der Waals surface area contributed by atoms with Gasteiger partial charge in [-0.25, -0.2) is 8.89 Å². The zero-order valence-electron chi connectivity index (χ0n) is 7.07. The van der Waals surface area contributed by atoms with Crippen molar-refractivity contribution in [2.75, 3.05) is 0 Å². The topological polar surface area (TPSA) is 68.0 Å². The second-order valence-corrected chi connectivity index (χ2v) is 3.55. The SMILES string of the molecule is O=S(O)c1cncc(-n2cccn2)c1. The molecule has 0 spiro atoms. The molecule has 0 bridgehead atoms. The summed E-state index contributed by atoms with van der Waals surface area (Å²) >= 11 is -2.00. The van der Waals surface area contributed by atoms with Crippen molar-refractivity contribution in [3.63, 3.8) is 0 Å². The fourth-order valence-corrected chi connectivity index (χ4v) is 1.42. The van der Waals surface area contributed by atoms with Crippen molar-refractivity contribution in [2.45, 2.75) is 4.90 Å². The summed E-state index contributed by atoms with van der Waals surface area (Å²) in [6.45, 7) is 0. The molecule has 0 aliphatic rings. The lowest BCUT2D eigenvalue weighted by atomic mass is 10.4. The lowest BCUT2D eigenvalue weighted by Gasteiger charge is -2.01. The summed E-state index contributed by atoms with van der Waals surface area (Å²) in [6, 6.07) is 3.33. The standard InChI is InChI=1S/C8H7N3O2S/c12-14(13)8-4-7(5-9-6-8)11-3-1-2-10-11/h1-6H,(H,12,13). The molecule has 1 unspecified atom stereocenters. The fraction of sp³-hybridized carbons (Fsp3) is 0. The summed E-state index contributed by atoms with van der Waals surface area (Å²) < 4.78 is 21.2. The molecule has 1 atom stereocenters. The van der Waals surface area contributed by atoms with Crippen LogP contribution in [0.4, 0.5) is 0 Å². The number of hydrogen-bond acceptors (Lipinski definition) is 3. The van der Waals surface area contributed by atoms with Crippen molar-refractivity contribution in [1.82, 2.24) is 14.8 Å². The van der Waals surface area contributed by atoms with Crippen LogP contribution in [0.5, 0.6) is 0 Å².